The van der Waals surface area contributed by atoms with Gasteiger partial charge in [0.2, 0.25) is 11.8 Å². The molecule has 0 amide bonds. The molecule has 0 N–H and O–H groups in total. The lowest BCUT2D eigenvalue weighted by atomic mass is 9.76. The van der Waals surface area contributed by atoms with Crippen molar-refractivity contribution in [2.45, 2.75) is 53.0 Å². The third kappa shape index (κ3) is 3.20. The van der Waals surface area contributed by atoms with E-state index in [1.165, 1.54) is 45.4 Å². The average molecular weight is 306 g/mol. The quantitative estimate of drug-likeness (QED) is 0.856. The van der Waals surface area contributed by atoms with Crippen molar-refractivity contribution in [2.75, 3.05) is 32.7 Å². The Labute approximate surface area is 134 Å². The third-order valence-corrected chi connectivity index (χ3v) is 5.40. The van der Waals surface area contributed by atoms with Crippen LogP contribution in [0.5, 0.6) is 0 Å². The number of likely N-dealkylation sites (tertiary alicyclic amines) is 2. The summed E-state index contributed by atoms with van der Waals surface area (Å²) < 4.78 is 5.78. The topological polar surface area (TPSA) is 45.4 Å². The molecule has 124 valence electrons. The van der Waals surface area contributed by atoms with Crippen LogP contribution in [-0.4, -0.2) is 52.7 Å². The monoisotopic (exact) mass is 306 g/mol. The Morgan fingerprint density at radius 3 is 2.55 bits per heavy atom. The highest BCUT2D eigenvalue weighted by atomic mass is 16.4. The molecule has 1 aromatic heterocycles. The van der Waals surface area contributed by atoms with Crippen LogP contribution in [0.4, 0.5) is 0 Å². The number of hydrogen-bond acceptors (Lipinski definition) is 5. The van der Waals surface area contributed by atoms with Gasteiger partial charge >= 0.3 is 0 Å². The van der Waals surface area contributed by atoms with Crippen LogP contribution in [0.3, 0.4) is 0 Å². The Bertz CT molecular complexity index is 491. The molecule has 2 saturated heterocycles. The molecule has 2 aliphatic rings. The van der Waals surface area contributed by atoms with Gasteiger partial charge in [-0.25, -0.2) is 0 Å². The smallest absolute Gasteiger partial charge is 0.233 e. The summed E-state index contributed by atoms with van der Waals surface area (Å²) in [5.74, 6) is 2.17. The molecule has 3 rings (SSSR count). The molecule has 1 atom stereocenters. The van der Waals surface area contributed by atoms with E-state index in [2.05, 4.69) is 40.8 Å². The van der Waals surface area contributed by atoms with Gasteiger partial charge in [-0.1, -0.05) is 20.8 Å². The molecule has 2 aliphatic heterocycles. The van der Waals surface area contributed by atoms with Crippen LogP contribution in [0, 0.1) is 18.3 Å². The molecule has 1 spiro atoms. The van der Waals surface area contributed by atoms with E-state index in [0.717, 1.165) is 12.4 Å². The zero-order valence-corrected chi connectivity index (χ0v) is 14.5. The van der Waals surface area contributed by atoms with Gasteiger partial charge in [0, 0.05) is 20.0 Å². The van der Waals surface area contributed by atoms with Crippen LogP contribution in [-0.2, 0) is 0 Å². The summed E-state index contributed by atoms with van der Waals surface area (Å²) in [6.45, 7) is 14.7. The van der Waals surface area contributed by atoms with Gasteiger partial charge in [-0.2, -0.15) is 0 Å². The van der Waals surface area contributed by atoms with E-state index in [4.69, 9.17) is 4.42 Å². The molecule has 1 aromatic rings. The summed E-state index contributed by atoms with van der Waals surface area (Å²) >= 11 is 0. The van der Waals surface area contributed by atoms with E-state index in [9.17, 15) is 0 Å². The number of rotatable bonds is 4. The zero-order valence-electron chi connectivity index (χ0n) is 14.5. The van der Waals surface area contributed by atoms with Gasteiger partial charge in [0.15, 0.2) is 0 Å². The SMILES string of the molecule is CCN1CCC2(CC1)CC(c1nnc(C)o1)N(CC(C)C)C2. The molecule has 0 aromatic carbocycles. The van der Waals surface area contributed by atoms with Gasteiger partial charge in [-0.3, -0.25) is 4.90 Å². The van der Waals surface area contributed by atoms with Crippen LogP contribution in [0.1, 0.15) is 57.9 Å². The van der Waals surface area contributed by atoms with E-state index in [-0.39, 0.29) is 0 Å². The Hall–Kier alpha value is -0.940. The van der Waals surface area contributed by atoms with E-state index in [1.54, 1.807) is 0 Å². The largest absolute Gasteiger partial charge is 0.424 e. The molecule has 22 heavy (non-hydrogen) atoms. The van der Waals surface area contributed by atoms with Crippen LogP contribution in [0.15, 0.2) is 4.42 Å². The first-order valence-electron chi connectivity index (χ1n) is 8.78. The highest BCUT2D eigenvalue weighted by Gasteiger charge is 2.47. The molecule has 0 bridgehead atoms. The van der Waals surface area contributed by atoms with Crippen molar-refractivity contribution in [1.29, 1.82) is 0 Å². The molecule has 3 heterocycles. The fraction of sp³-hybridized carbons (Fsp3) is 0.882. The normalized spacial score (nSPS) is 26.3. The van der Waals surface area contributed by atoms with Crippen molar-refractivity contribution in [3.05, 3.63) is 11.8 Å². The molecule has 1 unspecified atom stereocenters. The molecule has 0 aliphatic carbocycles. The van der Waals surface area contributed by atoms with Gasteiger partial charge in [-0.05, 0) is 50.2 Å². The van der Waals surface area contributed by atoms with Crippen LogP contribution >= 0.6 is 0 Å². The minimum absolute atomic E-state index is 0.316. The highest BCUT2D eigenvalue weighted by Crippen LogP contribution is 2.48. The molecule has 0 saturated carbocycles. The predicted octanol–water partition coefficient (Wildman–Crippen LogP) is 2.88. The van der Waals surface area contributed by atoms with Crippen molar-refractivity contribution >= 4 is 0 Å². The second-order valence-electron chi connectivity index (χ2n) is 7.64. The standard InChI is InChI=1S/C17H30N4O/c1-5-20-8-6-17(7-9-20)10-15(16-19-18-14(4)22-16)21(12-17)11-13(2)3/h13,15H,5-12H2,1-4H3. The predicted molar refractivity (Wildman–Crippen MR) is 86.6 cm³/mol. The number of nitrogens with zero attached hydrogens (tertiary/aromatic N) is 4. The zero-order chi connectivity index (χ0) is 15.7. The van der Waals surface area contributed by atoms with Gasteiger partial charge in [0.25, 0.3) is 0 Å². The Morgan fingerprint density at radius 2 is 2.00 bits per heavy atom. The lowest BCUT2D eigenvalue weighted by Gasteiger charge is -2.39. The minimum Gasteiger partial charge on any atom is -0.424 e. The van der Waals surface area contributed by atoms with Gasteiger partial charge in [0.1, 0.15) is 0 Å². The first kappa shape index (κ1) is 15.9. The van der Waals surface area contributed by atoms with Crippen molar-refractivity contribution in [2.24, 2.45) is 11.3 Å². The van der Waals surface area contributed by atoms with E-state index in [0.29, 0.717) is 23.3 Å². The Balaban J connectivity index is 1.76. The number of aromatic nitrogens is 2. The number of hydrogen-bond donors (Lipinski definition) is 0. The summed E-state index contributed by atoms with van der Waals surface area (Å²) in [7, 11) is 0. The van der Waals surface area contributed by atoms with Crippen molar-refractivity contribution < 1.29 is 4.42 Å². The fourth-order valence-corrected chi connectivity index (χ4v) is 4.20. The lowest BCUT2D eigenvalue weighted by Crippen LogP contribution is -2.41. The average Bonchev–Trinajstić information content (AvgIpc) is 3.04. The summed E-state index contributed by atoms with van der Waals surface area (Å²) in [5, 5.41) is 8.38. The van der Waals surface area contributed by atoms with E-state index >= 15 is 0 Å². The second-order valence-corrected chi connectivity index (χ2v) is 7.64. The van der Waals surface area contributed by atoms with Gasteiger partial charge in [0.05, 0.1) is 6.04 Å². The molecule has 5 nitrogen and oxygen atoms in total. The van der Waals surface area contributed by atoms with E-state index in [1.807, 2.05) is 6.92 Å². The number of piperidine rings is 1. The first-order chi connectivity index (χ1) is 10.5. The molecular formula is C17H30N4O. The van der Waals surface area contributed by atoms with Crippen molar-refractivity contribution in [1.82, 2.24) is 20.0 Å². The van der Waals surface area contributed by atoms with Gasteiger partial charge in [-0.15, -0.1) is 10.2 Å². The maximum Gasteiger partial charge on any atom is 0.233 e. The molecular weight excluding hydrogens is 276 g/mol. The minimum atomic E-state index is 0.316. The lowest BCUT2D eigenvalue weighted by molar-refractivity contribution is 0.110. The van der Waals surface area contributed by atoms with Gasteiger partial charge < -0.3 is 9.32 Å². The van der Waals surface area contributed by atoms with E-state index < -0.39 is 0 Å². The Kier molecular flexibility index (Phi) is 4.55. The third-order valence-electron chi connectivity index (χ3n) is 5.40. The first-order valence-corrected chi connectivity index (χ1v) is 8.78. The fourth-order valence-electron chi connectivity index (χ4n) is 4.20. The molecule has 5 heteroatoms. The summed E-state index contributed by atoms with van der Waals surface area (Å²) in [6, 6.07) is 0.316. The van der Waals surface area contributed by atoms with Crippen LogP contribution in [0.2, 0.25) is 0 Å². The molecule has 0 radical (unpaired) electrons. The van der Waals surface area contributed by atoms with Crippen molar-refractivity contribution in [3.8, 4) is 0 Å². The number of aryl methyl sites for hydroxylation is 1. The molecule has 2 fully saturated rings. The maximum absolute atomic E-state index is 5.78. The summed E-state index contributed by atoms with van der Waals surface area (Å²) in [4.78, 5) is 5.17. The highest BCUT2D eigenvalue weighted by molar-refractivity contribution is 5.04. The second kappa shape index (κ2) is 6.28. The van der Waals surface area contributed by atoms with Crippen molar-refractivity contribution in [3.63, 3.8) is 0 Å². The summed E-state index contributed by atoms with van der Waals surface area (Å²) in [6.07, 6.45) is 3.79. The van der Waals surface area contributed by atoms with Crippen LogP contribution in [0.25, 0.3) is 0 Å². The summed E-state index contributed by atoms with van der Waals surface area (Å²) in [5.41, 5.74) is 0.452. The van der Waals surface area contributed by atoms with Crippen LogP contribution < -0.4 is 0 Å². The Morgan fingerprint density at radius 1 is 1.27 bits per heavy atom. The maximum atomic E-state index is 5.78.